The summed E-state index contributed by atoms with van der Waals surface area (Å²) in [7, 11) is 0. The molecule has 1 aliphatic carbocycles. The van der Waals surface area contributed by atoms with E-state index in [0.717, 1.165) is 23.8 Å². The van der Waals surface area contributed by atoms with Crippen LogP contribution in [0.2, 0.25) is 5.02 Å². The molecule has 4 aromatic rings. The fraction of sp³-hybridized carbons (Fsp3) is 0.250. The van der Waals surface area contributed by atoms with Crippen LogP contribution >= 0.6 is 11.6 Å². The van der Waals surface area contributed by atoms with Crippen molar-refractivity contribution in [3.05, 3.63) is 65.0 Å². The predicted molar refractivity (Wildman–Crippen MR) is 126 cm³/mol. The predicted octanol–water partition coefficient (Wildman–Crippen LogP) is 2.84. The number of benzene rings is 2. The lowest BCUT2D eigenvalue weighted by Crippen LogP contribution is -2.43. The molecule has 0 unspecified atom stereocenters. The molecule has 34 heavy (non-hydrogen) atoms. The second-order valence-corrected chi connectivity index (χ2v) is 8.76. The Morgan fingerprint density at radius 1 is 1.21 bits per heavy atom. The molecule has 174 valence electrons. The number of halogens is 1. The number of carbonyl (C=O) groups excluding carboxylic acids is 3. The third-order valence-corrected chi connectivity index (χ3v) is 6.09. The first-order chi connectivity index (χ1) is 16.4. The summed E-state index contributed by atoms with van der Waals surface area (Å²) in [5.41, 5.74) is 7.62. The van der Waals surface area contributed by atoms with Crippen molar-refractivity contribution in [1.82, 2.24) is 20.0 Å². The van der Waals surface area contributed by atoms with Crippen molar-refractivity contribution in [3.63, 3.8) is 0 Å². The standard InChI is InChI=1S/C24H22ClN5O4/c25-16-9-14-7-8-34-23(14)15(10-16)11-27-20(31)12-29(17-5-6-17)21(32)13-30-19-4-2-1-3-18(19)22(28-30)24(26)33/h1-4,7-10,17H,5-6,11-13H2,(H2,26,33)(H,27,31). The fourth-order valence-electron chi connectivity index (χ4n) is 4.11. The lowest BCUT2D eigenvalue weighted by atomic mass is 10.1. The highest BCUT2D eigenvalue weighted by Gasteiger charge is 2.34. The van der Waals surface area contributed by atoms with Crippen LogP contribution in [-0.2, 0) is 22.7 Å². The van der Waals surface area contributed by atoms with Gasteiger partial charge in [0.2, 0.25) is 11.8 Å². The second kappa shape index (κ2) is 8.83. The van der Waals surface area contributed by atoms with Crippen LogP contribution < -0.4 is 11.1 Å². The Bertz CT molecular complexity index is 1420. The number of rotatable bonds is 8. The summed E-state index contributed by atoms with van der Waals surface area (Å²) in [4.78, 5) is 39.2. The summed E-state index contributed by atoms with van der Waals surface area (Å²) in [6.45, 7) is 0.0496. The first kappa shape index (κ1) is 22.0. The third-order valence-electron chi connectivity index (χ3n) is 5.87. The second-order valence-electron chi connectivity index (χ2n) is 8.32. The number of nitrogens with one attached hydrogen (secondary N) is 1. The molecule has 0 atom stereocenters. The molecule has 0 radical (unpaired) electrons. The molecule has 0 bridgehead atoms. The Morgan fingerprint density at radius 2 is 2.00 bits per heavy atom. The van der Waals surface area contributed by atoms with Crippen LogP contribution in [0, 0.1) is 0 Å². The lowest BCUT2D eigenvalue weighted by Gasteiger charge is -2.22. The van der Waals surface area contributed by atoms with E-state index in [1.165, 1.54) is 4.68 Å². The summed E-state index contributed by atoms with van der Waals surface area (Å²) in [6.07, 6.45) is 3.25. The number of primary amides is 1. The van der Waals surface area contributed by atoms with E-state index in [4.69, 9.17) is 21.8 Å². The maximum Gasteiger partial charge on any atom is 0.269 e. The van der Waals surface area contributed by atoms with Crippen LogP contribution in [0.4, 0.5) is 0 Å². The van der Waals surface area contributed by atoms with E-state index in [0.29, 0.717) is 21.5 Å². The Labute approximate surface area is 199 Å². The molecule has 5 rings (SSSR count). The van der Waals surface area contributed by atoms with Crippen molar-refractivity contribution in [2.24, 2.45) is 5.73 Å². The van der Waals surface area contributed by atoms with E-state index in [2.05, 4.69) is 10.4 Å². The monoisotopic (exact) mass is 479 g/mol. The van der Waals surface area contributed by atoms with E-state index >= 15 is 0 Å². The number of carbonyl (C=O) groups is 3. The zero-order valence-corrected chi connectivity index (χ0v) is 18.9. The van der Waals surface area contributed by atoms with E-state index in [9.17, 15) is 14.4 Å². The fourth-order valence-corrected chi connectivity index (χ4v) is 4.36. The number of hydrogen-bond donors (Lipinski definition) is 2. The molecule has 3 N–H and O–H groups in total. The van der Waals surface area contributed by atoms with Gasteiger partial charge < -0.3 is 20.4 Å². The normalized spacial score (nSPS) is 13.3. The van der Waals surface area contributed by atoms with Crippen molar-refractivity contribution in [3.8, 4) is 0 Å². The summed E-state index contributed by atoms with van der Waals surface area (Å²) >= 11 is 6.17. The number of aromatic nitrogens is 2. The van der Waals surface area contributed by atoms with Gasteiger partial charge in [0.25, 0.3) is 5.91 Å². The minimum Gasteiger partial charge on any atom is -0.464 e. The Kier molecular flexibility index (Phi) is 5.70. The summed E-state index contributed by atoms with van der Waals surface area (Å²) in [5.74, 6) is -1.20. The number of hydrogen-bond acceptors (Lipinski definition) is 5. The third kappa shape index (κ3) is 4.34. The van der Waals surface area contributed by atoms with Crippen LogP contribution in [0.15, 0.2) is 53.1 Å². The minimum absolute atomic E-state index is 0.0126. The molecular weight excluding hydrogens is 458 g/mol. The molecule has 2 heterocycles. The van der Waals surface area contributed by atoms with Crippen molar-refractivity contribution in [2.45, 2.75) is 32.0 Å². The molecule has 9 nitrogen and oxygen atoms in total. The van der Waals surface area contributed by atoms with Gasteiger partial charge in [-0.15, -0.1) is 0 Å². The summed E-state index contributed by atoms with van der Waals surface area (Å²) < 4.78 is 6.97. The molecule has 1 saturated carbocycles. The van der Waals surface area contributed by atoms with Crippen molar-refractivity contribution >= 4 is 51.2 Å². The van der Waals surface area contributed by atoms with E-state index in [-0.39, 0.29) is 43.2 Å². The van der Waals surface area contributed by atoms with E-state index < -0.39 is 5.91 Å². The molecule has 0 aliphatic heterocycles. The van der Waals surface area contributed by atoms with Gasteiger partial charge in [-0.05, 0) is 37.1 Å². The average Bonchev–Trinajstić information content (AvgIpc) is 3.43. The SMILES string of the molecule is NC(=O)c1nn(CC(=O)N(CC(=O)NCc2cc(Cl)cc3ccoc23)C2CC2)c2ccccc12. The Balaban J connectivity index is 1.28. The quantitative estimate of drug-likeness (QED) is 0.402. The van der Waals surface area contributed by atoms with Gasteiger partial charge in [-0.1, -0.05) is 29.8 Å². The Hall–Kier alpha value is -3.85. The van der Waals surface area contributed by atoms with Gasteiger partial charge in [-0.25, -0.2) is 0 Å². The minimum atomic E-state index is -0.660. The zero-order valence-electron chi connectivity index (χ0n) is 18.2. The summed E-state index contributed by atoms with van der Waals surface area (Å²) in [5, 5.41) is 9.10. The molecule has 1 fully saturated rings. The highest BCUT2D eigenvalue weighted by Crippen LogP contribution is 2.28. The van der Waals surface area contributed by atoms with Gasteiger partial charge in [0, 0.05) is 33.9 Å². The first-order valence-electron chi connectivity index (χ1n) is 10.9. The molecule has 3 amide bonds. The molecule has 1 aliphatic rings. The van der Waals surface area contributed by atoms with Gasteiger partial charge in [-0.2, -0.15) is 5.10 Å². The number of furan rings is 1. The zero-order chi connectivity index (χ0) is 23.8. The highest BCUT2D eigenvalue weighted by atomic mass is 35.5. The largest absolute Gasteiger partial charge is 0.464 e. The maximum absolute atomic E-state index is 13.1. The van der Waals surface area contributed by atoms with Crippen molar-refractivity contribution in [1.29, 1.82) is 0 Å². The molecule has 0 spiro atoms. The number of para-hydroxylation sites is 1. The molecule has 10 heteroatoms. The summed E-state index contributed by atoms with van der Waals surface area (Å²) in [6, 6.07) is 12.4. The smallest absolute Gasteiger partial charge is 0.269 e. The van der Waals surface area contributed by atoms with Crippen LogP contribution in [0.3, 0.4) is 0 Å². The van der Waals surface area contributed by atoms with Gasteiger partial charge in [0.05, 0.1) is 18.3 Å². The van der Waals surface area contributed by atoms with Gasteiger partial charge in [0.1, 0.15) is 12.1 Å². The molecular formula is C24H22ClN5O4. The highest BCUT2D eigenvalue weighted by molar-refractivity contribution is 6.31. The van der Waals surface area contributed by atoms with Crippen molar-refractivity contribution < 1.29 is 18.8 Å². The van der Waals surface area contributed by atoms with Crippen LogP contribution in [0.5, 0.6) is 0 Å². The lowest BCUT2D eigenvalue weighted by molar-refractivity contribution is -0.137. The average molecular weight is 480 g/mol. The molecule has 2 aromatic heterocycles. The Morgan fingerprint density at radius 3 is 2.76 bits per heavy atom. The van der Waals surface area contributed by atoms with Gasteiger partial charge in [-0.3, -0.25) is 19.1 Å². The first-order valence-corrected chi connectivity index (χ1v) is 11.3. The van der Waals surface area contributed by atoms with E-state index in [1.807, 2.05) is 6.07 Å². The number of fused-ring (bicyclic) bond motifs is 2. The molecule has 0 saturated heterocycles. The topological polar surface area (TPSA) is 123 Å². The maximum atomic E-state index is 13.1. The number of nitrogens with two attached hydrogens (primary N) is 1. The number of amides is 3. The van der Waals surface area contributed by atoms with Crippen LogP contribution in [0.1, 0.15) is 28.9 Å². The van der Waals surface area contributed by atoms with Gasteiger partial charge >= 0.3 is 0 Å². The van der Waals surface area contributed by atoms with Gasteiger partial charge in [0.15, 0.2) is 5.69 Å². The van der Waals surface area contributed by atoms with Crippen LogP contribution in [-0.4, -0.2) is 45.0 Å². The van der Waals surface area contributed by atoms with Crippen molar-refractivity contribution in [2.75, 3.05) is 6.54 Å². The van der Waals surface area contributed by atoms with Crippen LogP contribution in [0.25, 0.3) is 21.9 Å². The number of nitrogens with zero attached hydrogens (tertiary/aromatic N) is 3. The molecule has 2 aromatic carbocycles. The van der Waals surface area contributed by atoms with E-state index in [1.54, 1.807) is 47.6 Å².